The average molecular weight is 446 g/mol. The van der Waals surface area contributed by atoms with E-state index in [4.69, 9.17) is 9.72 Å². The van der Waals surface area contributed by atoms with Crippen molar-refractivity contribution in [1.29, 1.82) is 0 Å². The van der Waals surface area contributed by atoms with Gasteiger partial charge in [0.15, 0.2) is 22.8 Å². The number of rotatable bonds is 2. The molecular weight excluding hydrogens is 421 g/mol. The third-order valence-corrected chi connectivity index (χ3v) is 6.26. The van der Waals surface area contributed by atoms with Crippen LogP contribution in [-0.2, 0) is 22.9 Å². The monoisotopic (exact) mass is 446 g/mol. The minimum atomic E-state index is -4.54. The molecule has 3 aromatic rings. The van der Waals surface area contributed by atoms with Gasteiger partial charge in [0.2, 0.25) is 0 Å². The second kappa shape index (κ2) is 7.40. The SMILES string of the molecule is Cc1cc(C(F)(F)F)c(-c2nc(N3CCOCC3)c3nc4n(c3n2)CCCC4(C)C)cn1. The highest BCUT2D eigenvalue weighted by Gasteiger charge is 2.37. The van der Waals surface area contributed by atoms with Gasteiger partial charge in [-0.25, -0.2) is 15.0 Å². The maximum atomic E-state index is 13.9. The van der Waals surface area contributed by atoms with Crippen LogP contribution in [0, 0.1) is 6.92 Å². The number of alkyl halides is 3. The number of hydrogen-bond donors (Lipinski definition) is 0. The number of halogens is 3. The van der Waals surface area contributed by atoms with Gasteiger partial charge in [-0.2, -0.15) is 13.2 Å². The first kappa shape index (κ1) is 21.1. The van der Waals surface area contributed by atoms with Gasteiger partial charge in [-0.15, -0.1) is 0 Å². The molecular formula is C22H25F3N6O. The molecule has 0 unspecified atom stereocenters. The molecule has 5 rings (SSSR count). The van der Waals surface area contributed by atoms with Crippen molar-refractivity contribution >= 4 is 17.0 Å². The van der Waals surface area contributed by atoms with E-state index in [0.29, 0.717) is 49.0 Å². The van der Waals surface area contributed by atoms with Crippen molar-refractivity contribution in [3.05, 3.63) is 29.3 Å². The quantitative estimate of drug-likeness (QED) is 0.590. The zero-order valence-electron chi connectivity index (χ0n) is 18.3. The Bertz CT molecular complexity index is 1180. The number of imidazole rings is 1. The normalized spacial score (nSPS) is 18.8. The summed E-state index contributed by atoms with van der Waals surface area (Å²) in [4.78, 5) is 20.3. The van der Waals surface area contributed by atoms with Crippen LogP contribution >= 0.6 is 0 Å². The van der Waals surface area contributed by atoms with Crippen molar-refractivity contribution in [3.8, 4) is 11.4 Å². The Labute approximate surface area is 183 Å². The fourth-order valence-electron chi connectivity index (χ4n) is 4.59. The molecule has 0 bridgehead atoms. The minimum Gasteiger partial charge on any atom is -0.378 e. The van der Waals surface area contributed by atoms with Gasteiger partial charge in [-0.3, -0.25) is 4.98 Å². The van der Waals surface area contributed by atoms with Crippen molar-refractivity contribution in [1.82, 2.24) is 24.5 Å². The van der Waals surface area contributed by atoms with Gasteiger partial charge in [-0.05, 0) is 25.8 Å². The fraction of sp³-hybridized carbons (Fsp3) is 0.545. The lowest BCUT2D eigenvalue weighted by Crippen LogP contribution is -2.37. The van der Waals surface area contributed by atoms with Crippen molar-refractivity contribution < 1.29 is 17.9 Å². The summed E-state index contributed by atoms with van der Waals surface area (Å²) in [5.74, 6) is 1.47. The first-order chi connectivity index (χ1) is 15.1. The lowest BCUT2D eigenvalue weighted by molar-refractivity contribution is -0.137. The highest BCUT2D eigenvalue weighted by Crippen LogP contribution is 2.40. The van der Waals surface area contributed by atoms with Crippen LogP contribution in [0.3, 0.4) is 0 Å². The fourth-order valence-corrected chi connectivity index (χ4v) is 4.59. The highest BCUT2D eigenvalue weighted by atomic mass is 19.4. The van der Waals surface area contributed by atoms with E-state index in [0.717, 1.165) is 31.3 Å². The number of hydrogen-bond acceptors (Lipinski definition) is 6. The van der Waals surface area contributed by atoms with Gasteiger partial charge in [-0.1, -0.05) is 13.8 Å². The van der Waals surface area contributed by atoms with E-state index < -0.39 is 11.7 Å². The molecule has 170 valence electrons. The number of fused-ring (bicyclic) bond motifs is 3. The molecule has 0 N–H and O–H groups in total. The summed E-state index contributed by atoms with van der Waals surface area (Å²) >= 11 is 0. The van der Waals surface area contributed by atoms with E-state index in [1.807, 2.05) is 9.47 Å². The van der Waals surface area contributed by atoms with Crippen LogP contribution in [0.15, 0.2) is 12.3 Å². The summed E-state index contributed by atoms with van der Waals surface area (Å²) in [5, 5.41) is 0. The van der Waals surface area contributed by atoms with Crippen LogP contribution < -0.4 is 4.90 Å². The number of aryl methyl sites for hydroxylation is 2. The third kappa shape index (κ3) is 3.50. The van der Waals surface area contributed by atoms with Gasteiger partial charge >= 0.3 is 6.18 Å². The number of ether oxygens (including phenoxy) is 1. The Balaban J connectivity index is 1.79. The van der Waals surface area contributed by atoms with E-state index in [2.05, 4.69) is 28.8 Å². The topological polar surface area (TPSA) is 69.0 Å². The maximum Gasteiger partial charge on any atom is 0.417 e. The van der Waals surface area contributed by atoms with E-state index in [9.17, 15) is 13.2 Å². The second-order valence-corrected chi connectivity index (χ2v) is 9.09. The maximum absolute atomic E-state index is 13.9. The van der Waals surface area contributed by atoms with Gasteiger partial charge in [0, 0.05) is 42.5 Å². The first-order valence-corrected chi connectivity index (χ1v) is 10.8. The molecule has 0 atom stereocenters. The molecule has 3 aromatic heterocycles. The van der Waals surface area contributed by atoms with E-state index >= 15 is 0 Å². The molecule has 1 saturated heterocycles. The summed E-state index contributed by atoms with van der Waals surface area (Å²) in [6.45, 7) is 8.78. The summed E-state index contributed by atoms with van der Waals surface area (Å²) in [6.07, 6.45) is -1.37. The average Bonchev–Trinajstić information content (AvgIpc) is 3.13. The summed E-state index contributed by atoms with van der Waals surface area (Å²) in [6, 6.07) is 1.05. The molecule has 0 radical (unpaired) electrons. The lowest BCUT2D eigenvalue weighted by Gasteiger charge is -2.29. The van der Waals surface area contributed by atoms with Crippen LogP contribution in [0.5, 0.6) is 0 Å². The molecule has 0 amide bonds. The highest BCUT2D eigenvalue weighted by molar-refractivity contribution is 5.87. The summed E-state index contributed by atoms with van der Waals surface area (Å²) in [5.41, 5.74) is 0.451. The molecule has 0 aliphatic carbocycles. The Hall–Kier alpha value is -2.75. The molecule has 1 fully saturated rings. The predicted molar refractivity (Wildman–Crippen MR) is 114 cm³/mol. The number of pyridine rings is 1. The van der Waals surface area contributed by atoms with Gasteiger partial charge < -0.3 is 14.2 Å². The van der Waals surface area contributed by atoms with Gasteiger partial charge in [0.05, 0.1) is 18.8 Å². The number of aromatic nitrogens is 5. The largest absolute Gasteiger partial charge is 0.417 e. The third-order valence-electron chi connectivity index (χ3n) is 6.26. The first-order valence-electron chi connectivity index (χ1n) is 10.8. The zero-order chi connectivity index (χ0) is 22.7. The van der Waals surface area contributed by atoms with Crippen LogP contribution in [0.4, 0.5) is 19.0 Å². The Morgan fingerprint density at radius 1 is 1.06 bits per heavy atom. The van der Waals surface area contributed by atoms with Crippen LogP contribution in [-0.4, -0.2) is 50.8 Å². The Morgan fingerprint density at radius 2 is 1.81 bits per heavy atom. The number of anilines is 1. The van der Waals surface area contributed by atoms with E-state index in [1.165, 1.54) is 13.1 Å². The lowest BCUT2D eigenvalue weighted by atomic mass is 9.84. The zero-order valence-corrected chi connectivity index (χ0v) is 18.3. The molecule has 2 aliphatic heterocycles. The van der Waals surface area contributed by atoms with Crippen molar-refractivity contribution in [3.63, 3.8) is 0 Å². The Morgan fingerprint density at radius 3 is 2.53 bits per heavy atom. The number of nitrogens with zero attached hydrogens (tertiary/aromatic N) is 6. The molecule has 0 aromatic carbocycles. The number of morpholine rings is 1. The molecule has 0 spiro atoms. The molecule has 0 saturated carbocycles. The van der Waals surface area contributed by atoms with Crippen LogP contribution in [0.25, 0.3) is 22.6 Å². The predicted octanol–water partition coefficient (Wildman–Crippen LogP) is 4.12. The standard InChI is InChI=1S/C22H25F3N6O/c1-13-11-15(22(23,24)25)14(12-26-13)17-28-18(30-7-9-32-10-8-30)16-19(29-17)31-6-4-5-21(2,3)20(31)27-16/h11-12H,4-10H2,1-3H3. The van der Waals surface area contributed by atoms with Crippen LogP contribution in [0.2, 0.25) is 0 Å². The molecule has 10 heteroatoms. The van der Waals surface area contributed by atoms with Gasteiger partial charge in [0.25, 0.3) is 0 Å². The summed E-state index contributed by atoms with van der Waals surface area (Å²) < 4.78 is 49.1. The smallest absolute Gasteiger partial charge is 0.378 e. The molecule has 7 nitrogen and oxygen atoms in total. The summed E-state index contributed by atoms with van der Waals surface area (Å²) in [7, 11) is 0. The second-order valence-electron chi connectivity index (χ2n) is 9.09. The van der Waals surface area contributed by atoms with Crippen molar-refractivity contribution in [2.45, 2.75) is 51.7 Å². The Kier molecular flexibility index (Phi) is 4.88. The van der Waals surface area contributed by atoms with Crippen molar-refractivity contribution in [2.75, 3.05) is 31.2 Å². The minimum absolute atomic E-state index is 0.0184. The van der Waals surface area contributed by atoms with E-state index in [1.54, 1.807) is 0 Å². The molecule has 2 aliphatic rings. The van der Waals surface area contributed by atoms with Crippen LogP contribution in [0.1, 0.15) is 43.8 Å². The van der Waals surface area contributed by atoms with Gasteiger partial charge in [0.1, 0.15) is 5.82 Å². The molecule has 5 heterocycles. The van der Waals surface area contributed by atoms with Crippen molar-refractivity contribution in [2.24, 2.45) is 0 Å². The van der Waals surface area contributed by atoms with E-state index in [-0.39, 0.29) is 16.8 Å². The molecule has 32 heavy (non-hydrogen) atoms.